The molecule has 0 heterocycles. The fraction of sp³-hybridized carbons (Fsp3) is 1.00. The Morgan fingerprint density at radius 2 is 0.400 bits per heavy atom. The normalized spacial score (nSPS) is 45.7. The molecule has 2 heteroatoms. The maximum atomic E-state index is 3.30. The SMILES string of the molecule is C1CCC(N(C2CCCCC2)C2CCC(C3C4CC5CCCCC5CC4C(C4CCC(N(C5CCCCC5)C5CCCCC5)CC4)C4CC5CCCCC5CC43)CC2)CC1. The Hall–Kier alpha value is -0.0800. The van der Waals surface area contributed by atoms with Gasteiger partial charge in [0, 0.05) is 36.3 Å². The van der Waals surface area contributed by atoms with Crippen molar-refractivity contribution in [3.8, 4) is 0 Å². The summed E-state index contributed by atoms with van der Waals surface area (Å²) in [4.78, 5) is 6.61. The molecule has 11 rings (SSSR count). The largest absolute Gasteiger partial charge is 0.294 e. The highest BCUT2D eigenvalue weighted by molar-refractivity contribution is 5.09. The summed E-state index contributed by atoms with van der Waals surface area (Å²) in [5.41, 5.74) is 0. The smallest absolute Gasteiger partial charge is 0.0101 e. The van der Waals surface area contributed by atoms with Crippen molar-refractivity contribution in [2.75, 3.05) is 0 Å². The van der Waals surface area contributed by atoms with Gasteiger partial charge < -0.3 is 0 Å². The summed E-state index contributed by atoms with van der Waals surface area (Å²) in [6.07, 6.45) is 62.7. The molecule has 11 saturated carbocycles. The van der Waals surface area contributed by atoms with Gasteiger partial charge in [0.05, 0.1) is 0 Å². The molecule has 2 nitrogen and oxygen atoms in total. The van der Waals surface area contributed by atoms with E-state index in [2.05, 4.69) is 9.80 Å². The van der Waals surface area contributed by atoms with Crippen LogP contribution in [0, 0.1) is 71.0 Å². The predicted octanol–water partition coefficient (Wildman–Crippen LogP) is 15.9. The summed E-state index contributed by atoms with van der Waals surface area (Å²) in [7, 11) is 0. The molecule has 0 aliphatic heterocycles. The molecular formula is C58H98N2. The van der Waals surface area contributed by atoms with E-state index in [1.807, 2.05) is 0 Å². The molecule has 0 bridgehead atoms. The predicted molar refractivity (Wildman–Crippen MR) is 253 cm³/mol. The summed E-state index contributed by atoms with van der Waals surface area (Å²) in [5, 5.41) is 0. The molecule has 0 aromatic heterocycles. The summed E-state index contributed by atoms with van der Waals surface area (Å²) < 4.78 is 0. The van der Waals surface area contributed by atoms with E-state index in [1.54, 1.807) is 128 Å². The molecule has 11 aliphatic rings. The van der Waals surface area contributed by atoms with Crippen LogP contribution in [0.25, 0.3) is 0 Å². The molecule has 0 amide bonds. The van der Waals surface area contributed by atoms with Gasteiger partial charge in [0.1, 0.15) is 0 Å². The van der Waals surface area contributed by atoms with E-state index in [0.29, 0.717) is 0 Å². The van der Waals surface area contributed by atoms with Crippen LogP contribution < -0.4 is 0 Å². The van der Waals surface area contributed by atoms with Gasteiger partial charge in [-0.2, -0.15) is 0 Å². The van der Waals surface area contributed by atoms with Crippen LogP contribution in [0.1, 0.15) is 257 Å². The highest BCUT2D eigenvalue weighted by Gasteiger charge is 2.59. The van der Waals surface area contributed by atoms with Gasteiger partial charge in [-0.15, -0.1) is 0 Å². The third-order valence-corrected chi connectivity index (χ3v) is 22.9. The number of hydrogen-bond donors (Lipinski definition) is 0. The number of rotatable bonds is 8. The van der Waals surface area contributed by atoms with E-state index >= 15 is 0 Å². The molecule has 8 atom stereocenters. The lowest BCUT2D eigenvalue weighted by molar-refractivity contribution is -0.154. The Morgan fingerprint density at radius 3 is 0.650 bits per heavy atom. The minimum Gasteiger partial charge on any atom is -0.294 e. The van der Waals surface area contributed by atoms with Crippen LogP contribution in [0.4, 0.5) is 0 Å². The Balaban J connectivity index is 0.860. The van der Waals surface area contributed by atoms with E-state index in [9.17, 15) is 0 Å². The van der Waals surface area contributed by atoms with Crippen molar-refractivity contribution in [3.05, 3.63) is 0 Å². The molecule has 11 fully saturated rings. The van der Waals surface area contributed by atoms with Crippen molar-refractivity contribution >= 4 is 0 Å². The maximum Gasteiger partial charge on any atom is 0.0101 e. The van der Waals surface area contributed by atoms with Gasteiger partial charge in [-0.1, -0.05) is 128 Å². The molecule has 0 aromatic rings. The van der Waals surface area contributed by atoms with Gasteiger partial charge in [-0.25, -0.2) is 0 Å². The molecule has 0 saturated heterocycles. The zero-order chi connectivity index (χ0) is 39.8. The number of fused-ring (bicyclic) bond motifs is 4. The second kappa shape index (κ2) is 19.8. The molecule has 60 heavy (non-hydrogen) atoms. The van der Waals surface area contributed by atoms with E-state index in [1.165, 1.54) is 128 Å². The van der Waals surface area contributed by atoms with Crippen LogP contribution >= 0.6 is 0 Å². The molecule has 11 aliphatic carbocycles. The van der Waals surface area contributed by atoms with Crippen molar-refractivity contribution in [3.63, 3.8) is 0 Å². The van der Waals surface area contributed by atoms with Gasteiger partial charge in [0.2, 0.25) is 0 Å². The first-order chi connectivity index (χ1) is 29.8. The Labute approximate surface area is 372 Å². The Kier molecular flexibility index (Phi) is 14.0. The molecule has 0 N–H and O–H groups in total. The van der Waals surface area contributed by atoms with Gasteiger partial charge in [0.25, 0.3) is 0 Å². The monoisotopic (exact) mass is 823 g/mol. The number of hydrogen-bond acceptors (Lipinski definition) is 2. The molecule has 0 spiro atoms. The fourth-order valence-electron chi connectivity index (χ4n) is 20.6. The van der Waals surface area contributed by atoms with Crippen molar-refractivity contribution in [1.82, 2.24) is 9.80 Å². The quantitative estimate of drug-likeness (QED) is 0.241. The second-order valence-electron chi connectivity index (χ2n) is 25.6. The lowest BCUT2D eigenvalue weighted by Crippen LogP contribution is -2.58. The maximum absolute atomic E-state index is 3.30. The fourth-order valence-corrected chi connectivity index (χ4v) is 20.6. The van der Waals surface area contributed by atoms with Crippen LogP contribution in [-0.4, -0.2) is 46.1 Å². The van der Waals surface area contributed by atoms with Crippen molar-refractivity contribution in [2.24, 2.45) is 71.0 Å². The average Bonchev–Trinajstić information content (AvgIpc) is 3.32. The molecule has 340 valence electrons. The van der Waals surface area contributed by atoms with E-state index in [0.717, 1.165) is 107 Å². The van der Waals surface area contributed by atoms with Crippen molar-refractivity contribution in [2.45, 2.75) is 293 Å². The van der Waals surface area contributed by atoms with E-state index < -0.39 is 0 Å². The zero-order valence-electron chi connectivity index (χ0n) is 39.6. The highest BCUT2D eigenvalue weighted by Crippen LogP contribution is 2.66. The minimum absolute atomic E-state index is 0.926. The Morgan fingerprint density at radius 1 is 0.183 bits per heavy atom. The second-order valence-corrected chi connectivity index (χ2v) is 25.6. The lowest BCUT2D eigenvalue weighted by atomic mass is 9.41. The first kappa shape index (κ1) is 42.5. The lowest BCUT2D eigenvalue weighted by Gasteiger charge is -2.64. The first-order valence-corrected chi connectivity index (χ1v) is 29.3. The summed E-state index contributed by atoms with van der Waals surface area (Å²) in [6.45, 7) is 0. The first-order valence-electron chi connectivity index (χ1n) is 29.3. The highest BCUT2D eigenvalue weighted by atomic mass is 15.2. The van der Waals surface area contributed by atoms with Crippen molar-refractivity contribution < 1.29 is 0 Å². The van der Waals surface area contributed by atoms with Crippen LogP contribution in [0.2, 0.25) is 0 Å². The van der Waals surface area contributed by atoms with Crippen LogP contribution in [0.5, 0.6) is 0 Å². The molecule has 0 aromatic carbocycles. The topological polar surface area (TPSA) is 6.48 Å². The van der Waals surface area contributed by atoms with Crippen LogP contribution in [0.3, 0.4) is 0 Å². The van der Waals surface area contributed by atoms with Gasteiger partial charge in [-0.3, -0.25) is 9.80 Å². The van der Waals surface area contributed by atoms with Gasteiger partial charge >= 0.3 is 0 Å². The van der Waals surface area contributed by atoms with Gasteiger partial charge in [-0.05, 0) is 199 Å². The average molecular weight is 823 g/mol. The standard InChI is InChI=1S/C58H98N2/c1-5-21-47(22-6-1)59(48-23-7-2-8-24-48)51-33-29-41(30-34-51)57-53-37-43-17-13-15-19-45(43)39-55(53)58(56-40-46-20-16-14-18-44(46)38-54(56)57)42-31-35-52(36-32-42)60(49-25-9-3-10-26-49)50-27-11-4-12-28-50/h41-58H,1-40H2. The molecular weight excluding hydrogens is 725 g/mol. The summed E-state index contributed by atoms with van der Waals surface area (Å²) in [6, 6.07) is 5.59. The number of nitrogens with zero attached hydrogens (tertiary/aromatic N) is 2. The molecule has 8 unspecified atom stereocenters. The van der Waals surface area contributed by atoms with Crippen LogP contribution in [0.15, 0.2) is 0 Å². The summed E-state index contributed by atoms with van der Waals surface area (Å²) >= 11 is 0. The van der Waals surface area contributed by atoms with E-state index in [-0.39, 0.29) is 0 Å². The third-order valence-electron chi connectivity index (χ3n) is 22.9. The van der Waals surface area contributed by atoms with E-state index in [4.69, 9.17) is 0 Å². The molecule has 0 radical (unpaired) electrons. The van der Waals surface area contributed by atoms with Crippen LogP contribution in [-0.2, 0) is 0 Å². The minimum atomic E-state index is 0.926. The zero-order valence-corrected chi connectivity index (χ0v) is 39.6. The summed E-state index contributed by atoms with van der Waals surface area (Å²) in [5.74, 6) is 13.1. The third kappa shape index (κ3) is 8.81. The van der Waals surface area contributed by atoms with Crippen molar-refractivity contribution in [1.29, 1.82) is 0 Å². The Bertz CT molecular complexity index is 1130. The van der Waals surface area contributed by atoms with Gasteiger partial charge in [0.15, 0.2) is 0 Å².